The number of amides is 4. The number of hydrogen-bond donors (Lipinski definition) is 2. The minimum atomic E-state index is -0.888. The summed E-state index contributed by atoms with van der Waals surface area (Å²) in [4.78, 5) is 47.6. The molecule has 3 aliphatic rings. The van der Waals surface area contributed by atoms with E-state index in [0.717, 1.165) is 49.5 Å². The summed E-state index contributed by atoms with van der Waals surface area (Å²) in [5, 5.41) is 15.9. The quantitative estimate of drug-likeness (QED) is 0.297. The number of carbonyl (C=O) groups excluding carboxylic acids is 3. The Bertz CT molecular complexity index is 1640. The van der Waals surface area contributed by atoms with Crippen molar-refractivity contribution < 1.29 is 29.0 Å². The van der Waals surface area contributed by atoms with Crippen molar-refractivity contribution >= 4 is 17.8 Å². The summed E-state index contributed by atoms with van der Waals surface area (Å²) in [7, 11) is 0. The van der Waals surface area contributed by atoms with Gasteiger partial charge in [-0.2, -0.15) is 5.01 Å². The molecule has 50 heavy (non-hydrogen) atoms. The highest BCUT2D eigenvalue weighted by Gasteiger charge is 2.51. The average molecular weight is 683 g/mol. The summed E-state index contributed by atoms with van der Waals surface area (Å²) in [5.41, 5.74) is 2.55. The highest BCUT2D eigenvalue weighted by Crippen LogP contribution is 2.30. The first-order chi connectivity index (χ1) is 23.9. The van der Waals surface area contributed by atoms with E-state index in [0.29, 0.717) is 12.4 Å². The number of rotatable bonds is 11. The van der Waals surface area contributed by atoms with Crippen molar-refractivity contribution in [3.05, 3.63) is 95.6 Å². The number of morpholine rings is 1. The van der Waals surface area contributed by atoms with Gasteiger partial charge >= 0.3 is 6.03 Å². The zero-order valence-electron chi connectivity index (χ0n) is 27.4. The maximum Gasteiger partial charge on any atom is 0.334 e. The number of nitrogens with zero attached hydrogens (tertiary/aromatic N) is 5. The first kappa shape index (κ1) is 36.2. The lowest BCUT2D eigenvalue weighted by Gasteiger charge is -2.55. The topological polar surface area (TPSA) is 118 Å². The molecular formula is C38H46N6O6. The van der Waals surface area contributed by atoms with Crippen LogP contribution in [-0.2, 0) is 33.8 Å². The highest BCUT2D eigenvalue weighted by molar-refractivity contribution is 5.91. The van der Waals surface area contributed by atoms with E-state index in [2.05, 4.69) is 16.1 Å². The van der Waals surface area contributed by atoms with Gasteiger partial charge in [0.05, 0.1) is 32.8 Å². The van der Waals surface area contributed by atoms with E-state index in [1.807, 2.05) is 54.6 Å². The van der Waals surface area contributed by atoms with Gasteiger partial charge in [0.25, 0.3) is 0 Å². The monoisotopic (exact) mass is 682 g/mol. The smallest absolute Gasteiger partial charge is 0.334 e. The number of phenols is 1. The lowest BCUT2D eigenvalue weighted by Crippen LogP contribution is -2.76. The third kappa shape index (κ3) is 8.73. The normalized spacial score (nSPS) is 19.7. The average Bonchev–Trinajstić information content (AvgIpc) is 3.11. The van der Waals surface area contributed by atoms with Crippen molar-refractivity contribution in [2.24, 2.45) is 0 Å². The fourth-order valence-electron chi connectivity index (χ4n) is 6.56. The summed E-state index contributed by atoms with van der Waals surface area (Å²) in [6.45, 7) is 5.03. The van der Waals surface area contributed by atoms with E-state index >= 15 is 0 Å². The molecule has 0 spiro atoms. The molecule has 0 saturated carbocycles. The van der Waals surface area contributed by atoms with Crippen LogP contribution in [0.15, 0.2) is 78.9 Å². The van der Waals surface area contributed by atoms with Gasteiger partial charge in [0.1, 0.15) is 30.3 Å². The molecule has 3 aliphatic heterocycles. The molecular weight excluding hydrogens is 636 g/mol. The van der Waals surface area contributed by atoms with Crippen LogP contribution in [0.3, 0.4) is 0 Å². The fourth-order valence-corrected chi connectivity index (χ4v) is 6.56. The molecule has 3 aromatic carbocycles. The van der Waals surface area contributed by atoms with E-state index < -0.39 is 18.2 Å². The lowest BCUT2D eigenvalue weighted by molar-refractivity contribution is -0.189. The Morgan fingerprint density at radius 2 is 1.72 bits per heavy atom. The van der Waals surface area contributed by atoms with Crippen LogP contribution in [-0.4, -0.2) is 119 Å². The number of carbonyl (C=O) groups is 3. The van der Waals surface area contributed by atoms with Crippen LogP contribution in [0.25, 0.3) is 0 Å². The molecule has 264 valence electrons. The molecule has 3 heterocycles. The highest BCUT2D eigenvalue weighted by atomic mass is 16.5. The fraction of sp³-hybridized carbons (Fsp3) is 0.395. The molecule has 2 N–H and O–H groups in total. The molecule has 0 aliphatic carbocycles. The number of nitrogens with one attached hydrogen (secondary N) is 1. The summed E-state index contributed by atoms with van der Waals surface area (Å²) >= 11 is 0. The van der Waals surface area contributed by atoms with Crippen LogP contribution in [0.5, 0.6) is 11.5 Å². The van der Waals surface area contributed by atoms with Gasteiger partial charge in [-0.25, -0.2) is 9.80 Å². The second-order valence-corrected chi connectivity index (χ2v) is 12.4. The van der Waals surface area contributed by atoms with Gasteiger partial charge in [0.2, 0.25) is 11.8 Å². The number of terminal acetylenes is 1. The zero-order chi connectivity index (χ0) is 34.2. The van der Waals surface area contributed by atoms with Gasteiger partial charge < -0.3 is 29.7 Å². The third-order valence-electron chi connectivity index (χ3n) is 9.02. The largest absolute Gasteiger partial charge is 0.508 e. The molecule has 12 nitrogen and oxygen atoms in total. The number of piperazine rings is 1. The minimum Gasteiger partial charge on any atom is -0.508 e. The van der Waals surface area contributed by atoms with Gasteiger partial charge in [-0.3, -0.25) is 14.5 Å². The summed E-state index contributed by atoms with van der Waals surface area (Å²) in [6.07, 6.45) is 5.10. The minimum absolute atomic E-state index is 0. The van der Waals surface area contributed by atoms with Crippen LogP contribution in [0.2, 0.25) is 0 Å². The van der Waals surface area contributed by atoms with E-state index in [9.17, 15) is 19.5 Å². The predicted molar refractivity (Wildman–Crippen MR) is 188 cm³/mol. The Balaban J connectivity index is 0.00000486. The lowest BCUT2D eigenvalue weighted by atomic mass is 9.98. The summed E-state index contributed by atoms with van der Waals surface area (Å²) in [6, 6.07) is 22.5. The van der Waals surface area contributed by atoms with E-state index in [4.69, 9.17) is 15.9 Å². The first-order valence-electron chi connectivity index (χ1n) is 16.6. The van der Waals surface area contributed by atoms with Gasteiger partial charge in [-0.15, -0.1) is 6.42 Å². The summed E-state index contributed by atoms with van der Waals surface area (Å²) in [5.74, 6) is 2.86. The van der Waals surface area contributed by atoms with Crippen LogP contribution >= 0.6 is 0 Å². The predicted octanol–water partition coefficient (Wildman–Crippen LogP) is 2.92. The molecule has 3 saturated heterocycles. The standard InChI is InChI=1S/C37H42N6O6.CH4/c1-2-15-41-27-35(45)42-33(23-28-11-13-31(44)14-12-28)36(46)40(26-34(42)43(41)37(47)38-24-29-7-4-3-5-8-29)25-30-9-6-10-32(22-30)49-21-18-39-16-19-48-20-17-39;/h1,3-14,22,33-34,44H,15-21,23-27H2,(H,38,47);1H4/t33-,34-;/m0./s1. The molecule has 6 rings (SSSR count). The van der Waals surface area contributed by atoms with Crippen molar-refractivity contribution in [3.8, 4) is 23.8 Å². The molecule has 3 fully saturated rings. The van der Waals surface area contributed by atoms with Crippen molar-refractivity contribution in [2.45, 2.75) is 39.1 Å². The Hall–Kier alpha value is -5.09. The number of aromatic hydroxyl groups is 1. The molecule has 12 heteroatoms. The van der Waals surface area contributed by atoms with Crippen LogP contribution in [0.1, 0.15) is 24.1 Å². The van der Waals surface area contributed by atoms with Gasteiger partial charge in [0.15, 0.2) is 0 Å². The van der Waals surface area contributed by atoms with Crippen LogP contribution in [0.4, 0.5) is 4.79 Å². The SMILES string of the molecule is C.C#CCN1CC(=O)N2[C@@H](Cc3ccc(O)cc3)C(=O)N(Cc3cccc(OCCN4CCOCC4)c3)C[C@@H]2N1C(=O)NCc1ccccc1. The van der Waals surface area contributed by atoms with E-state index in [1.54, 1.807) is 34.2 Å². The van der Waals surface area contributed by atoms with Crippen molar-refractivity contribution in [2.75, 3.05) is 59.1 Å². The van der Waals surface area contributed by atoms with Crippen molar-refractivity contribution in [3.63, 3.8) is 0 Å². The Morgan fingerprint density at radius 3 is 2.46 bits per heavy atom. The number of urea groups is 1. The van der Waals surface area contributed by atoms with E-state index in [1.165, 1.54) is 9.91 Å². The number of hydrazine groups is 1. The van der Waals surface area contributed by atoms with Gasteiger partial charge in [-0.05, 0) is 41.0 Å². The zero-order valence-corrected chi connectivity index (χ0v) is 27.4. The molecule has 0 unspecified atom stereocenters. The van der Waals surface area contributed by atoms with Crippen molar-refractivity contribution in [1.29, 1.82) is 0 Å². The molecule has 2 atom stereocenters. The summed E-state index contributed by atoms with van der Waals surface area (Å²) < 4.78 is 11.5. The second-order valence-electron chi connectivity index (χ2n) is 12.4. The van der Waals surface area contributed by atoms with Crippen LogP contribution in [0, 0.1) is 12.3 Å². The van der Waals surface area contributed by atoms with E-state index in [-0.39, 0.29) is 64.1 Å². The maximum absolute atomic E-state index is 14.3. The molecule has 0 radical (unpaired) electrons. The molecule has 3 aromatic rings. The Labute approximate surface area is 294 Å². The Kier molecular flexibility index (Phi) is 12.3. The first-order valence-corrected chi connectivity index (χ1v) is 16.6. The molecule has 4 amide bonds. The van der Waals surface area contributed by atoms with Gasteiger partial charge in [0, 0.05) is 39.1 Å². The molecule has 0 aromatic heterocycles. The number of benzene rings is 3. The van der Waals surface area contributed by atoms with Gasteiger partial charge in [-0.1, -0.05) is 67.9 Å². The maximum atomic E-state index is 14.3. The third-order valence-corrected chi connectivity index (χ3v) is 9.02. The Morgan fingerprint density at radius 1 is 0.980 bits per heavy atom. The number of hydrogen-bond acceptors (Lipinski definition) is 8. The molecule has 0 bridgehead atoms. The van der Waals surface area contributed by atoms with Crippen LogP contribution < -0.4 is 10.1 Å². The number of fused-ring (bicyclic) bond motifs is 1. The van der Waals surface area contributed by atoms with Crippen molar-refractivity contribution in [1.82, 2.24) is 30.0 Å². The number of ether oxygens (including phenoxy) is 2. The number of phenolic OH excluding ortho intramolecular Hbond substituents is 1. The second kappa shape index (κ2) is 17.0.